The highest BCUT2D eigenvalue weighted by Crippen LogP contribution is 2.46. The van der Waals surface area contributed by atoms with E-state index in [9.17, 15) is 14.7 Å². The summed E-state index contributed by atoms with van der Waals surface area (Å²) in [4.78, 5) is 30.5. The van der Waals surface area contributed by atoms with Crippen molar-refractivity contribution in [3.8, 4) is 17.2 Å². The second kappa shape index (κ2) is 11.9. The predicted octanol–water partition coefficient (Wildman–Crippen LogP) is 6.01. The molecule has 7 rings (SSSR count). The van der Waals surface area contributed by atoms with Gasteiger partial charge in [-0.25, -0.2) is 0 Å². The number of hydrogen-bond acceptors (Lipinski definition) is 6. The van der Waals surface area contributed by atoms with Crippen molar-refractivity contribution in [2.45, 2.75) is 18.8 Å². The molecule has 45 heavy (non-hydrogen) atoms. The lowest BCUT2D eigenvalue weighted by molar-refractivity contribution is -0.142. The number of carbonyl (C=O) groups excluding carboxylic acids is 1. The highest BCUT2D eigenvalue weighted by molar-refractivity contribution is 5.89. The number of ether oxygens (including phenoxy) is 3. The van der Waals surface area contributed by atoms with Crippen molar-refractivity contribution >= 4 is 27.8 Å². The molecule has 226 valence electrons. The number of aromatic hydroxyl groups is 1. The van der Waals surface area contributed by atoms with Gasteiger partial charge < -0.3 is 28.9 Å². The minimum Gasteiger partial charge on any atom is -0.507 e. The summed E-state index contributed by atoms with van der Waals surface area (Å²) in [5.41, 5.74) is 4.53. The standard InChI is InChI=1S/C37H32N2O6/c1-39-29-16-8-6-13-26(29)35(41)33(37(39)42)32(27-14-9-17-30-36(27)45-21-20-43-30)34-25(24-12-5-7-15-28(24)38-34)18-19-44-31(40)22-23-10-3-2-4-11-23/h2-17,32,38,41H,18-22H2,1H3. The van der Waals surface area contributed by atoms with Crippen LogP contribution in [0.3, 0.4) is 0 Å². The van der Waals surface area contributed by atoms with E-state index in [-0.39, 0.29) is 35.9 Å². The summed E-state index contributed by atoms with van der Waals surface area (Å²) in [6.07, 6.45) is 0.566. The van der Waals surface area contributed by atoms with E-state index in [0.29, 0.717) is 53.3 Å². The van der Waals surface area contributed by atoms with Crippen molar-refractivity contribution in [1.29, 1.82) is 0 Å². The number of benzene rings is 4. The number of esters is 1. The van der Waals surface area contributed by atoms with Gasteiger partial charge in [-0.1, -0.05) is 72.8 Å². The van der Waals surface area contributed by atoms with E-state index in [1.807, 2.05) is 97.1 Å². The maximum atomic E-state index is 14.2. The molecule has 0 radical (unpaired) electrons. The number of aromatic nitrogens is 2. The minimum absolute atomic E-state index is 0.0908. The zero-order chi connectivity index (χ0) is 30.9. The fraction of sp³-hybridized carbons (Fsp3) is 0.189. The molecule has 0 saturated heterocycles. The Morgan fingerprint density at radius 1 is 0.911 bits per heavy atom. The van der Waals surface area contributed by atoms with E-state index < -0.39 is 5.92 Å². The first-order valence-electron chi connectivity index (χ1n) is 15.0. The lowest BCUT2D eigenvalue weighted by Crippen LogP contribution is -2.26. The monoisotopic (exact) mass is 600 g/mol. The Morgan fingerprint density at radius 3 is 2.49 bits per heavy atom. The zero-order valence-electron chi connectivity index (χ0n) is 24.8. The van der Waals surface area contributed by atoms with Crippen LogP contribution in [-0.4, -0.2) is 40.4 Å². The Morgan fingerprint density at radius 2 is 1.64 bits per heavy atom. The van der Waals surface area contributed by atoms with Crippen LogP contribution in [-0.2, 0) is 29.4 Å². The molecule has 0 bridgehead atoms. The van der Waals surface area contributed by atoms with Crippen molar-refractivity contribution < 1.29 is 24.1 Å². The third kappa shape index (κ3) is 5.18. The lowest BCUT2D eigenvalue weighted by Gasteiger charge is -2.27. The average molecular weight is 601 g/mol. The van der Waals surface area contributed by atoms with Gasteiger partial charge in [0, 0.05) is 41.0 Å². The summed E-state index contributed by atoms with van der Waals surface area (Å²) in [5, 5.41) is 13.3. The number of para-hydroxylation sites is 3. The molecular weight excluding hydrogens is 568 g/mol. The molecule has 2 N–H and O–H groups in total. The van der Waals surface area contributed by atoms with Crippen LogP contribution in [0.2, 0.25) is 0 Å². The maximum absolute atomic E-state index is 14.2. The first-order valence-corrected chi connectivity index (χ1v) is 15.0. The Hall–Kier alpha value is -5.50. The highest BCUT2D eigenvalue weighted by Gasteiger charge is 2.34. The third-order valence-corrected chi connectivity index (χ3v) is 8.45. The molecule has 4 aromatic carbocycles. The fourth-order valence-corrected chi connectivity index (χ4v) is 6.36. The van der Waals surface area contributed by atoms with Crippen LogP contribution in [0, 0.1) is 0 Å². The van der Waals surface area contributed by atoms with Gasteiger partial charge in [-0.2, -0.15) is 0 Å². The van der Waals surface area contributed by atoms with E-state index in [2.05, 4.69) is 4.98 Å². The Kier molecular flexibility index (Phi) is 7.47. The molecule has 0 aliphatic carbocycles. The number of fused-ring (bicyclic) bond motifs is 3. The number of nitrogens with zero attached hydrogens (tertiary/aromatic N) is 1. The molecule has 3 heterocycles. The SMILES string of the molecule is Cn1c(=O)c(C(c2cccc3c2OCCO3)c2[nH]c3ccccc3c2CCOC(=O)Cc2ccccc2)c(O)c2ccccc21. The van der Waals surface area contributed by atoms with Gasteiger partial charge in [0.15, 0.2) is 11.5 Å². The molecule has 1 aliphatic rings. The molecule has 0 saturated carbocycles. The van der Waals surface area contributed by atoms with Gasteiger partial charge in [-0.05, 0) is 35.4 Å². The number of H-pyrrole nitrogens is 1. The van der Waals surface area contributed by atoms with E-state index in [1.165, 1.54) is 0 Å². The summed E-state index contributed by atoms with van der Waals surface area (Å²) >= 11 is 0. The van der Waals surface area contributed by atoms with Gasteiger partial charge in [-0.3, -0.25) is 9.59 Å². The normalized spacial score (nSPS) is 13.2. The average Bonchev–Trinajstić information content (AvgIpc) is 3.44. The van der Waals surface area contributed by atoms with Crippen LogP contribution >= 0.6 is 0 Å². The van der Waals surface area contributed by atoms with Gasteiger partial charge >= 0.3 is 5.97 Å². The summed E-state index contributed by atoms with van der Waals surface area (Å²) in [7, 11) is 1.71. The van der Waals surface area contributed by atoms with E-state index >= 15 is 0 Å². The van der Waals surface area contributed by atoms with Crippen LogP contribution in [0.5, 0.6) is 17.2 Å². The van der Waals surface area contributed by atoms with Crippen LogP contribution in [0.1, 0.15) is 33.9 Å². The highest BCUT2D eigenvalue weighted by atomic mass is 16.6. The topological polar surface area (TPSA) is 103 Å². The number of aromatic amines is 1. The maximum Gasteiger partial charge on any atom is 0.310 e. The molecule has 0 amide bonds. The van der Waals surface area contributed by atoms with Gasteiger partial charge in [0.05, 0.1) is 30.0 Å². The zero-order valence-corrected chi connectivity index (χ0v) is 24.8. The minimum atomic E-state index is -0.757. The van der Waals surface area contributed by atoms with Crippen molar-refractivity contribution in [3.05, 3.63) is 135 Å². The van der Waals surface area contributed by atoms with Crippen molar-refractivity contribution in [1.82, 2.24) is 9.55 Å². The van der Waals surface area contributed by atoms with Gasteiger partial charge in [-0.15, -0.1) is 0 Å². The first kappa shape index (κ1) is 28.3. The molecular formula is C37H32N2O6. The van der Waals surface area contributed by atoms with Gasteiger partial charge in [0.2, 0.25) is 0 Å². The van der Waals surface area contributed by atoms with E-state index in [1.54, 1.807) is 11.6 Å². The third-order valence-electron chi connectivity index (χ3n) is 8.45. The van der Waals surface area contributed by atoms with E-state index in [0.717, 1.165) is 22.0 Å². The molecule has 1 unspecified atom stereocenters. The smallest absolute Gasteiger partial charge is 0.310 e. The fourth-order valence-electron chi connectivity index (χ4n) is 6.36. The number of carbonyl (C=O) groups is 1. The summed E-state index contributed by atoms with van der Waals surface area (Å²) in [5.74, 6) is -0.0576. The second-order valence-electron chi connectivity index (χ2n) is 11.1. The van der Waals surface area contributed by atoms with Crippen molar-refractivity contribution in [2.75, 3.05) is 19.8 Å². The number of hydrogen-bond donors (Lipinski definition) is 2. The molecule has 8 nitrogen and oxygen atoms in total. The number of pyridine rings is 1. The number of rotatable bonds is 8. The molecule has 0 spiro atoms. The second-order valence-corrected chi connectivity index (χ2v) is 11.1. The Labute approximate surface area is 259 Å². The van der Waals surface area contributed by atoms with Gasteiger partial charge in [0.1, 0.15) is 19.0 Å². The summed E-state index contributed by atoms with van der Waals surface area (Å²) < 4.78 is 19.4. The lowest BCUT2D eigenvalue weighted by atomic mass is 9.84. The van der Waals surface area contributed by atoms with Crippen LogP contribution in [0.15, 0.2) is 102 Å². The number of aryl methyl sites for hydroxylation is 1. The first-order chi connectivity index (χ1) is 22.0. The number of nitrogens with one attached hydrogen (secondary N) is 1. The Balaban J connectivity index is 1.39. The molecule has 1 atom stereocenters. The molecule has 1 aliphatic heterocycles. The van der Waals surface area contributed by atoms with Crippen LogP contribution in [0.4, 0.5) is 0 Å². The molecule has 0 fully saturated rings. The van der Waals surface area contributed by atoms with Crippen LogP contribution < -0.4 is 15.0 Å². The van der Waals surface area contributed by atoms with Crippen LogP contribution in [0.25, 0.3) is 21.8 Å². The molecule has 6 aromatic rings. The molecule has 8 heteroatoms. The predicted molar refractivity (Wildman–Crippen MR) is 172 cm³/mol. The Bertz CT molecular complexity index is 2100. The summed E-state index contributed by atoms with van der Waals surface area (Å²) in [6.45, 7) is 0.910. The van der Waals surface area contributed by atoms with Crippen molar-refractivity contribution in [2.24, 2.45) is 7.05 Å². The molecule has 2 aromatic heterocycles. The summed E-state index contributed by atoms with van der Waals surface area (Å²) in [6, 6.07) is 30.3. The van der Waals surface area contributed by atoms with E-state index in [4.69, 9.17) is 14.2 Å². The largest absolute Gasteiger partial charge is 0.507 e. The van der Waals surface area contributed by atoms with Gasteiger partial charge in [0.25, 0.3) is 5.56 Å². The quantitative estimate of drug-likeness (QED) is 0.208. The van der Waals surface area contributed by atoms with Crippen molar-refractivity contribution in [3.63, 3.8) is 0 Å².